The molecule has 6 N–H and O–H groups in total. The van der Waals surface area contributed by atoms with Gasteiger partial charge in [-0.3, -0.25) is 4.79 Å². The normalized spacial score (nSPS) is 22.3. The zero-order chi connectivity index (χ0) is 33.4. The number of unbranched alkanes of at least 4 members (excludes halogenated alkanes) is 3. The van der Waals surface area contributed by atoms with Crippen LogP contribution in [0.1, 0.15) is 128 Å². The van der Waals surface area contributed by atoms with Gasteiger partial charge in [0, 0.05) is 24.1 Å². The fourth-order valence-electron chi connectivity index (χ4n) is 7.27. The number of allylic oxidation sites excluding steroid dienone is 2. The van der Waals surface area contributed by atoms with E-state index in [0.717, 1.165) is 99.3 Å². The number of nitrogens with one attached hydrogen (secondary N) is 1. The molecule has 0 radical (unpaired) electrons. The molecular weight excluding hydrogens is 578 g/mol. The summed E-state index contributed by atoms with van der Waals surface area (Å²) in [4.78, 5) is 11.7. The van der Waals surface area contributed by atoms with Crippen LogP contribution in [0.15, 0.2) is 47.6 Å². The lowest BCUT2D eigenvalue weighted by atomic mass is 9.77. The molecule has 7 heteroatoms. The van der Waals surface area contributed by atoms with Crippen LogP contribution in [0.25, 0.3) is 0 Å². The van der Waals surface area contributed by atoms with Crippen molar-refractivity contribution in [3.8, 4) is 11.8 Å². The zero-order valence-electron chi connectivity index (χ0n) is 28.2. The number of aliphatic hydroxyl groups excluding tert-OH is 4. The highest BCUT2D eigenvalue weighted by Crippen LogP contribution is 2.45. The van der Waals surface area contributed by atoms with E-state index in [-0.39, 0.29) is 36.9 Å². The number of aliphatic hydroxyl groups is 4. The summed E-state index contributed by atoms with van der Waals surface area (Å²) in [5.41, 5.74) is 3.97. The third-order valence-electron chi connectivity index (χ3n) is 9.99. The molecule has 1 heterocycles. The van der Waals surface area contributed by atoms with Crippen molar-refractivity contribution in [2.75, 3.05) is 6.61 Å². The van der Waals surface area contributed by atoms with Crippen molar-refractivity contribution in [3.05, 3.63) is 58.7 Å². The Labute approximate surface area is 277 Å². The van der Waals surface area contributed by atoms with Crippen LogP contribution in [0.2, 0.25) is 0 Å². The smallest absolute Gasteiger partial charge is 0.303 e. The predicted octanol–water partition coefficient (Wildman–Crippen LogP) is 6.21. The second-order valence-electron chi connectivity index (χ2n) is 13.8. The Morgan fingerprint density at radius 3 is 2.54 bits per heavy atom. The van der Waals surface area contributed by atoms with Gasteiger partial charge in [0.1, 0.15) is 0 Å². The first-order valence-electron chi connectivity index (χ1n) is 17.8. The fourth-order valence-corrected chi connectivity index (χ4v) is 7.27. The molecule has 5 atom stereocenters. The van der Waals surface area contributed by atoms with Crippen molar-refractivity contribution < 1.29 is 30.3 Å². The first-order chi connectivity index (χ1) is 22.2. The Hall–Kier alpha value is -2.47. The van der Waals surface area contributed by atoms with Crippen molar-refractivity contribution in [2.24, 2.45) is 5.41 Å². The van der Waals surface area contributed by atoms with Gasteiger partial charge in [0.2, 0.25) is 0 Å². The number of benzene rings is 1. The largest absolute Gasteiger partial charge is 0.481 e. The maximum Gasteiger partial charge on any atom is 0.303 e. The van der Waals surface area contributed by atoms with Crippen LogP contribution in [0.3, 0.4) is 0 Å². The third-order valence-corrected chi connectivity index (χ3v) is 9.99. The minimum absolute atomic E-state index is 0.121. The van der Waals surface area contributed by atoms with Gasteiger partial charge in [0.05, 0.1) is 31.3 Å². The molecule has 7 nitrogen and oxygen atoms in total. The average Bonchev–Trinajstić information content (AvgIpc) is 3.48. The molecule has 256 valence electrons. The number of fused-ring (bicyclic) bond motifs is 1. The molecule has 0 bridgehead atoms. The summed E-state index contributed by atoms with van der Waals surface area (Å²) in [6.45, 7) is 3.55. The SMILES string of the molecule is CCCCC[C@H](O)C=CC1=C(C[C@H](O)CO)[C@@H](CCCCC2(CC(=O)O)CCCC2)N[C@@H]([C@H](C)O)CC#Cc2ccccc2CC1. The molecule has 1 aliphatic heterocycles. The van der Waals surface area contributed by atoms with Crippen molar-refractivity contribution >= 4 is 5.97 Å². The summed E-state index contributed by atoms with van der Waals surface area (Å²) >= 11 is 0. The van der Waals surface area contributed by atoms with Crippen LogP contribution in [-0.2, 0) is 11.2 Å². The van der Waals surface area contributed by atoms with Crippen LogP contribution >= 0.6 is 0 Å². The number of aryl methyl sites for hydroxylation is 1. The first-order valence-corrected chi connectivity index (χ1v) is 17.8. The highest BCUT2D eigenvalue weighted by Gasteiger charge is 2.35. The molecule has 1 aromatic rings. The lowest BCUT2D eigenvalue weighted by molar-refractivity contribution is -0.139. The molecule has 2 aliphatic rings. The van der Waals surface area contributed by atoms with Gasteiger partial charge in [0.25, 0.3) is 0 Å². The molecule has 0 spiro atoms. The number of carboxylic acid groups (broad SMARTS) is 1. The van der Waals surface area contributed by atoms with Gasteiger partial charge >= 0.3 is 5.97 Å². The van der Waals surface area contributed by atoms with Crippen LogP contribution in [0.5, 0.6) is 0 Å². The van der Waals surface area contributed by atoms with Crippen LogP contribution in [0, 0.1) is 17.3 Å². The lowest BCUT2D eigenvalue weighted by Crippen LogP contribution is -2.46. The van der Waals surface area contributed by atoms with Gasteiger partial charge in [-0.15, -0.1) is 0 Å². The Balaban J connectivity index is 2.00. The zero-order valence-corrected chi connectivity index (χ0v) is 28.2. The Morgan fingerprint density at radius 2 is 1.85 bits per heavy atom. The summed E-state index contributed by atoms with van der Waals surface area (Å²) in [6, 6.07) is 7.60. The molecule has 1 aliphatic carbocycles. The monoisotopic (exact) mass is 637 g/mol. The van der Waals surface area contributed by atoms with E-state index < -0.39 is 24.3 Å². The molecule has 0 saturated heterocycles. The van der Waals surface area contributed by atoms with E-state index >= 15 is 0 Å². The van der Waals surface area contributed by atoms with E-state index in [1.807, 2.05) is 30.4 Å². The van der Waals surface area contributed by atoms with Crippen molar-refractivity contribution in [3.63, 3.8) is 0 Å². The van der Waals surface area contributed by atoms with Crippen molar-refractivity contribution in [2.45, 2.75) is 153 Å². The van der Waals surface area contributed by atoms with Crippen molar-refractivity contribution in [1.82, 2.24) is 5.32 Å². The second-order valence-corrected chi connectivity index (χ2v) is 13.8. The molecular formula is C39H59NO6. The summed E-state index contributed by atoms with van der Waals surface area (Å²) in [5, 5.41) is 55.7. The van der Waals surface area contributed by atoms with Gasteiger partial charge in [-0.2, -0.15) is 0 Å². The Morgan fingerprint density at radius 1 is 1.09 bits per heavy atom. The number of hydrogen-bond acceptors (Lipinski definition) is 6. The predicted molar refractivity (Wildman–Crippen MR) is 184 cm³/mol. The molecule has 3 rings (SSSR count). The first kappa shape index (κ1) is 38.0. The molecule has 0 unspecified atom stereocenters. The highest BCUT2D eigenvalue weighted by molar-refractivity contribution is 5.67. The third kappa shape index (κ3) is 12.6. The van der Waals surface area contributed by atoms with Gasteiger partial charge in [-0.1, -0.05) is 94.1 Å². The van der Waals surface area contributed by atoms with Gasteiger partial charge in [-0.05, 0) is 86.5 Å². The van der Waals surface area contributed by atoms with E-state index in [0.29, 0.717) is 19.3 Å². The van der Waals surface area contributed by atoms with E-state index in [9.17, 15) is 30.3 Å². The minimum Gasteiger partial charge on any atom is -0.481 e. The maximum absolute atomic E-state index is 11.7. The van der Waals surface area contributed by atoms with Crippen LogP contribution in [-0.4, -0.2) is 68.5 Å². The molecule has 1 aromatic carbocycles. The number of carboxylic acids is 1. The molecule has 46 heavy (non-hydrogen) atoms. The number of carbonyl (C=O) groups is 1. The van der Waals surface area contributed by atoms with Crippen LogP contribution < -0.4 is 5.32 Å². The van der Waals surface area contributed by atoms with Crippen molar-refractivity contribution in [1.29, 1.82) is 0 Å². The van der Waals surface area contributed by atoms with E-state index in [4.69, 9.17) is 0 Å². The van der Waals surface area contributed by atoms with E-state index in [1.165, 1.54) is 0 Å². The number of rotatable bonds is 17. The standard InChI is InChI=1S/C39H59NO6/c1-3-4-5-16-33(43)22-21-32-20-19-31-14-7-6-13-30(31)15-12-18-36(29(2)42)40-37(35(32)26-34(44)28-41)17-8-9-23-39(27-38(45)46)24-10-11-25-39/h6-7,13-14,21-22,29,33-34,36-37,40-44H,3-5,8-11,16-20,23-28H2,1-2H3,(H,45,46)/t29-,33-,34-,36+,37+/m0/s1. The summed E-state index contributed by atoms with van der Waals surface area (Å²) in [5.74, 6) is 5.91. The Kier molecular flexibility index (Phi) is 16.5. The molecule has 1 saturated carbocycles. The maximum atomic E-state index is 11.7. The molecule has 0 aromatic heterocycles. The second kappa shape index (κ2) is 20.0. The number of aliphatic carboxylic acids is 1. The molecule has 1 fully saturated rings. The summed E-state index contributed by atoms with van der Waals surface area (Å²) in [6.07, 6.45) is 15.3. The Bertz CT molecular complexity index is 1190. The fraction of sp³-hybridized carbons (Fsp3) is 0.667. The topological polar surface area (TPSA) is 130 Å². The number of hydrogen-bond donors (Lipinski definition) is 6. The van der Waals surface area contributed by atoms with Gasteiger partial charge in [-0.25, -0.2) is 0 Å². The van der Waals surface area contributed by atoms with Gasteiger partial charge in [0.15, 0.2) is 0 Å². The molecule has 0 amide bonds. The highest BCUT2D eigenvalue weighted by atomic mass is 16.4. The summed E-state index contributed by atoms with van der Waals surface area (Å²) in [7, 11) is 0. The van der Waals surface area contributed by atoms with E-state index in [1.54, 1.807) is 6.92 Å². The minimum atomic E-state index is -0.945. The quantitative estimate of drug-likeness (QED) is 0.0884. The lowest BCUT2D eigenvalue weighted by Gasteiger charge is -2.32. The van der Waals surface area contributed by atoms with Crippen LogP contribution in [0.4, 0.5) is 0 Å². The van der Waals surface area contributed by atoms with E-state index in [2.05, 4.69) is 30.1 Å². The average molecular weight is 638 g/mol. The summed E-state index contributed by atoms with van der Waals surface area (Å²) < 4.78 is 0. The van der Waals surface area contributed by atoms with Gasteiger partial charge < -0.3 is 30.8 Å².